The van der Waals surface area contributed by atoms with E-state index in [1.54, 1.807) is 30.5 Å². The molecule has 23 heavy (non-hydrogen) atoms. The second-order valence-electron chi connectivity index (χ2n) is 5.42. The van der Waals surface area contributed by atoms with Crippen LogP contribution in [0.15, 0.2) is 47.0 Å². The molecule has 1 aliphatic heterocycles. The molecule has 0 aliphatic carbocycles. The van der Waals surface area contributed by atoms with Crippen molar-refractivity contribution < 1.29 is 8.42 Å². The maximum absolute atomic E-state index is 12.6. The zero-order valence-corrected chi connectivity index (χ0v) is 14.5. The van der Waals surface area contributed by atoms with Crippen LogP contribution in [0.2, 0.25) is 0 Å². The first-order valence-corrected chi connectivity index (χ1v) is 8.79. The van der Waals surface area contributed by atoms with Crippen LogP contribution in [0.25, 0.3) is 10.9 Å². The van der Waals surface area contributed by atoms with E-state index in [0.717, 1.165) is 36.2 Å². The molecule has 0 bridgehead atoms. The van der Waals surface area contributed by atoms with Gasteiger partial charge < -0.3 is 5.32 Å². The molecule has 124 valence electrons. The smallest absolute Gasteiger partial charge is 0.241 e. The highest BCUT2D eigenvalue weighted by Crippen LogP contribution is 2.24. The number of halogens is 1. The number of aryl methyl sites for hydroxylation is 1. The van der Waals surface area contributed by atoms with Gasteiger partial charge in [0.1, 0.15) is 0 Å². The van der Waals surface area contributed by atoms with Crippen molar-refractivity contribution in [2.45, 2.75) is 18.2 Å². The van der Waals surface area contributed by atoms with Crippen LogP contribution in [0.1, 0.15) is 12.0 Å². The van der Waals surface area contributed by atoms with Gasteiger partial charge in [0.05, 0.1) is 10.4 Å². The van der Waals surface area contributed by atoms with Crippen molar-refractivity contribution in [3.8, 4) is 0 Å². The van der Waals surface area contributed by atoms with Gasteiger partial charge in [-0.2, -0.15) is 0 Å². The van der Waals surface area contributed by atoms with E-state index in [2.05, 4.69) is 15.0 Å². The van der Waals surface area contributed by atoms with Gasteiger partial charge in [-0.15, -0.1) is 12.4 Å². The minimum Gasteiger partial charge on any atom is -0.313 e. The highest BCUT2D eigenvalue weighted by atomic mass is 35.5. The number of fused-ring (bicyclic) bond motifs is 1. The third-order valence-electron chi connectivity index (χ3n) is 3.87. The number of nitrogens with zero attached hydrogens (tertiary/aromatic N) is 1. The number of benzene rings is 1. The second kappa shape index (κ2) is 7.40. The topological polar surface area (TPSA) is 71.1 Å². The molecule has 2 N–H and O–H groups in total. The van der Waals surface area contributed by atoms with Crippen molar-refractivity contribution in [1.29, 1.82) is 0 Å². The lowest BCUT2D eigenvalue weighted by molar-refractivity contribution is 0.583. The number of rotatable bonds is 4. The van der Waals surface area contributed by atoms with Gasteiger partial charge in [-0.05, 0) is 43.7 Å². The lowest BCUT2D eigenvalue weighted by Crippen LogP contribution is -2.29. The normalized spacial score (nSPS) is 15.1. The molecule has 0 saturated heterocycles. The summed E-state index contributed by atoms with van der Waals surface area (Å²) in [5, 5.41) is 3.87. The van der Waals surface area contributed by atoms with E-state index in [4.69, 9.17) is 0 Å². The molecule has 2 aromatic rings. The summed E-state index contributed by atoms with van der Waals surface area (Å²) in [6, 6.07) is 7.01. The Balaban J connectivity index is 0.00000192. The van der Waals surface area contributed by atoms with Crippen LogP contribution in [-0.4, -0.2) is 33.0 Å². The SMILES string of the molecule is Cc1ccc(S(=O)(=O)NCC2=CCNCC2)c2cccnc12.Cl. The fourth-order valence-electron chi connectivity index (χ4n) is 2.62. The Bertz CT molecular complexity index is 834. The van der Waals surface area contributed by atoms with Crippen LogP contribution < -0.4 is 10.0 Å². The van der Waals surface area contributed by atoms with Crippen LogP contribution in [0, 0.1) is 6.92 Å². The molecular formula is C16H20ClN3O2S. The number of hydrogen-bond donors (Lipinski definition) is 2. The van der Waals surface area contributed by atoms with Crippen LogP contribution in [-0.2, 0) is 10.0 Å². The average Bonchev–Trinajstić information content (AvgIpc) is 2.54. The van der Waals surface area contributed by atoms with E-state index in [0.29, 0.717) is 11.9 Å². The molecule has 2 heterocycles. The number of hydrogen-bond acceptors (Lipinski definition) is 4. The summed E-state index contributed by atoms with van der Waals surface area (Å²) in [6.07, 6.45) is 4.60. The van der Waals surface area contributed by atoms with E-state index in [-0.39, 0.29) is 17.3 Å². The summed E-state index contributed by atoms with van der Waals surface area (Å²) in [5.41, 5.74) is 2.82. The quantitative estimate of drug-likeness (QED) is 0.826. The largest absolute Gasteiger partial charge is 0.313 e. The molecule has 1 aromatic heterocycles. The molecule has 0 amide bonds. The highest BCUT2D eigenvalue weighted by molar-refractivity contribution is 7.89. The molecule has 3 rings (SSSR count). The maximum atomic E-state index is 12.6. The van der Waals surface area contributed by atoms with Crippen molar-refractivity contribution in [3.63, 3.8) is 0 Å². The molecular weight excluding hydrogens is 334 g/mol. The van der Waals surface area contributed by atoms with Gasteiger partial charge in [-0.25, -0.2) is 13.1 Å². The molecule has 0 spiro atoms. The second-order valence-corrected chi connectivity index (χ2v) is 7.16. The average molecular weight is 354 g/mol. The zero-order chi connectivity index (χ0) is 15.6. The van der Waals surface area contributed by atoms with Crippen molar-refractivity contribution in [3.05, 3.63) is 47.7 Å². The monoisotopic (exact) mass is 353 g/mol. The van der Waals surface area contributed by atoms with Crippen molar-refractivity contribution in [2.24, 2.45) is 0 Å². The first-order chi connectivity index (χ1) is 10.6. The Morgan fingerprint density at radius 2 is 2.13 bits per heavy atom. The Morgan fingerprint density at radius 1 is 1.30 bits per heavy atom. The van der Waals surface area contributed by atoms with Crippen LogP contribution in [0.3, 0.4) is 0 Å². The molecule has 1 aliphatic rings. The fourth-order valence-corrected chi connectivity index (χ4v) is 3.85. The molecule has 1 aromatic carbocycles. The van der Waals surface area contributed by atoms with Gasteiger partial charge >= 0.3 is 0 Å². The molecule has 7 heteroatoms. The summed E-state index contributed by atoms with van der Waals surface area (Å²) in [6.45, 7) is 3.98. The van der Waals surface area contributed by atoms with Gasteiger partial charge in [0.25, 0.3) is 0 Å². The molecule has 0 radical (unpaired) electrons. The van der Waals surface area contributed by atoms with E-state index in [1.165, 1.54) is 0 Å². The van der Waals surface area contributed by atoms with Crippen molar-refractivity contribution in [1.82, 2.24) is 15.0 Å². The minimum absolute atomic E-state index is 0. The number of sulfonamides is 1. The van der Waals surface area contributed by atoms with Gasteiger partial charge in [0.2, 0.25) is 10.0 Å². The Morgan fingerprint density at radius 3 is 2.87 bits per heavy atom. The summed E-state index contributed by atoms with van der Waals surface area (Å²) in [4.78, 5) is 4.58. The third-order valence-corrected chi connectivity index (χ3v) is 5.33. The van der Waals surface area contributed by atoms with Crippen molar-refractivity contribution in [2.75, 3.05) is 19.6 Å². The first kappa shape index (κ1) is 17.9. The standard InChI is InChI=1S/C16H19N3O2S.ClH/c1-12-4-5-15(14-3-2-8-18-16(12)14)22(20,21)19-11-13-6-9-17-10-7-13;/h2-6,8,17,19H,7,9-11H2,1H3;1H. The summed E-state index contributed by atoms with van der Waals surface area (Å²) in [7, 11) is -3.55. The molecule has 0 atom stereocenters. The molecule has 0 saturated carbocycles. The predicted molar refractivity (Wildman–Crippen MR) is 94.5 cm³/mol. The lowest BCUT2D eigenvalue weighted by Gasteiger charge is -2.15. The van der Waals surface area contributed by atoms with E-state index >= 15 is 0 Å². The Hall–Kier alpha value is -1.47. The summed E-state index contributed by atoms with van der Waals surface area (Å²) >= 11 is 0. The van der Waals surface area contributed by atoms with Crippen molar-refractivity contribution >= 4 is 33.3 Å². The number of nitrogens with one attached hydrogen (secondary N) is 2. The van der Waals surface area contributed by atoms with E-state index in [1.807, 2.05) is 13.0 Å². The van der Waals surface area contributed by atoms with Gasteiger partial charge in [-0.1, -0.05) is 17.7 Å². The lowest BCUT2D eigenvalue weighted by atomic mass is 10.1. The third kappa shape index (κ3) is 3.90. The highest BCUT2D eigenvalue weighted by Gasteiger charge is 2.18. The first-order valence-electron chi connectivity index (χ1n) is 7.30. The minimum atomic E-state index is -3.55. The Labute approximate surface area is 142 Å². The van der Waals surface area contributed by atoms with Gasteiger partial charge in [0.15, 0.2) is 0 Å². The Kier molecular flexibility index (Phi) is 5.75. The van der Waals surface area contributed by atoms with Gasteiger partial charge in [0, 0.05) is 24.7 Å². The van der Waals surface area contributed by atoms with Crippen LogP contribution in [0.5, 0.6) is 0 Å². The molecule has 0 unspecified atom stereocenters. The number of pyridine rings is 1. The number of aromatic nitrogens is 1. The molecule has 5 nitrogen and oxygen atoms in total. The van der Waals surface area contributed by atoms with E-state index in [9.17, 15) is 8.42 Å². The van der Waals surface area contributed by atoms with Crippen LogP contribution in [0.4, 0.5) is 0 Å². The van der Waals surface area contributed by atoms with E-state index < -0.39 is 10.0 Å². The fraction of sp³-hybridized carbons (Fsp3) is 0.312. The zero-order valence-electron chi connectivity index (χ0n) is 12.9. The summed E-state index contributed by atoms with van der Waals surface area (Å²) in [5.74, 6) is 0. The summed E-state index contributed by atoms with van der Waals surface area (Å²) < 4.78 is 27.9. The molecule has 0 fully saturated rings. The maximum Gasteiger partial charge on any atom is 0.241 e. The predicted octanol–water partition coefficient (Wildman–Crippen LogP) is 2.16. The van der Waals surface area contributed by atoms with Gasteiger partial charge in [-0.3, -0.25) is 4.98 Å². The van der Waals surface area contributed by atoms with Crippen LogP contribution >= 0.6 is 12.4 Å².